The van der Waals surface area contributed by atoms with E-state index in [9.17, 15) is 14.3 Å². The fourth-order valence-electron chi connectivity index (χ4n) is 3.01. The number of carbonyl (C=O) groups excluding carboxylic acids is 1. The Morgan fingerprint density at radius 3 is 3.00 bits per heavy atom. The Hall–Kier alpha value is -2.48. The fraction of sp³-hybridized carbons (Fsp3) is 0.438. The van der Waals surface area contributed by atoms with Crippen LogP contribution in [0.4, 0.5) is 10.3 Å². The number of amides is 1. The highest BCUT2D eigenvalue weighted by Gasteiger charge is 2.33. The van der Waals surface area contributed by atoms with Crippen molar-refractivity contribution >= 4 is 11.9 Å². The van der Waals surface area contributed by atoms with E-state index >= 15 is 0 Å². The third-order valence-electron chi connectivity index (χ3n) is 4.29. The van der Waals surface area contributed by atoms with Crippen molar-refractivity contribution in [3.63, 3.8) is 0 Å². The van der Waals surface area contributed by atoms with E-state index in [0.29, 0.717) is 23.9 Å². The van der Waals surface area contributed by atoms with Gasteiger partial charge in [0.25, 0.3) is 0 Å². The molecule has 2 heterocycles. The predicted octanol–water partition coefficient (Wildman–Crippen LogP) is 1.32. The number of nitrogens with two attached hydrogens (primary N) is 1. The predicted molar refractivity (Wildman–Crippen MR) is 85.1 cm³/mol. The van der Waals surface area contributed by atoms with Gasteiger partial charge in [-0.15, -0.1) is 0 Å². The van der Waals surface area contributed by atoms with Crippen LogP contribution in [0, 0.1) is 5.82 Å². The van der Waals surface area contributed by atoms with E-state index in [-0.39, 0.29) is 18.4 Å². The van der Waals surface area contributed by atoms with Crippen LogP contribution >= 0.6 is 0 Å². The monoisotopic (exact) mass is 333 g/mol. The minimum Gasteiger partial charge on any atom is -0.388 e. The average molecular weight is 333 g/mol. The van der Waals surface area contributed by atoms with Gasteiger partial charge in [-0.25, -0.2) is 9.07 Å². The lowest BCUT2D eigenvalue weighted by atomic mass is 10.1. The number of aliphatic hydroxyl groups excluding tert-OH is 1. The first-order chi connectivity index (χ1) is 11.5. The molecule has 1 aliphatic heterocycles. The number of rotatable bonds is 4. The summed E-state index contributed by atoms with van der Waals surface area (Å²) in [5.74, 6) is 0.164. The quantitative estimate of drug-likeness (QED) is 0.879. The molecule has 3 N–H and O–H groups in total. The van der Waals surface area contributed by atoms with Gasteiger partial charge >= 0.3 is 0 Å². The minimum absolute atomic E-state index is 0.109. The van der Waals surface area contributed by atoms with E-state index in [1.165, 1.54) is 22.9 Å². The van der Waals surface area contributed by atoms with Crippen molar-refractivity contribution in [2.75, 3.05) is 12.3 Å². The Morgan fingerprint density at radius 2 is 2.33 bits per heavy atom. The standard InChI is InChI=1S/C16H20FN5O2/c1-21-16(18)19-15(20-21)12-6-3-7-22(12)14(24)9-13(23)10-4-2-5-11(17)8-10/h2,4-5,8,12-13,23H,3,6-7,9H2,1H3,(H2,18,19,20). The summed E-state index contributed by atoms with van der Waals surface area (Å²) in [7, 11) is 1.70. The SMILES string of the molecule is Cn1nc(C2CCCN2C(=O)CC(O)c2cccc(F)c2)nc1N. The fourth-order valence-corrected chi connectivity index (χ4v) is 3.01. The molecule has 1 aromatic heterocycles. The van der Waals surface area contributed by atoms with E-state index < -0.39 is 11.9 Å². The molecule has 0 bridgehead atoms. The largest absolute Gasteiger partial charge is 0.388 e. The van der Waals surface area contributed by atoms with Gasteiger partial charge in [-0.05, 0) is 30.5 Å². The summed E-state index contributed by atoms with van der Waals surface area (Å²) in [5, 5.41) is 14.5. The summed E-state index contributed by atoms with van der Waals surface area (Å²) < 4.78 is 14.7. The maximum atomic E-state index is 13.3. The van der Waals surface area contributed by atoms with Crippen molar-refractivity contribution in [2.45, 2.75) is 31.4 Å². The summed E-state index contributed by atoms with van der Waals surface area (Å²) in [6.45, 7) is 0.581. The first kappa shape index (κ1) is 16.4. The van der Waals surface area contributed by atoms with Crippen molar-refractivity contribution in [3.8, 4) is 0 Å². The summed E-state index contributed by atoms with van der Waals surface area (Å²) >= 11 is 0. The van der Waals surface area contributed by atoms with Gasteiger partial charge in [0, 0.05) is 13.6 Å². The number of aryl methyl sites for hydroxylation is 1. The minimum atomic E-state index is -1.05. The van der Waals surface area contributed by atoms with Gasteiger partial charge in [0.15, 0.2) is 5.82 Å². The molecule has 0 aliphatic carbocycles. The normalized spacial score (nSPS) is 18.8. The van der Waals surface area contributed by atoms with Crippen molar-refractivity contribution in [2.24, 2.45) is 7.05 Å². The van der Waals surface area contributed by atoms with Gasteiger partial charge in [-0.1, -0.05) is 12.1 Å². The maximum Gasteiger partial charge on any atom is 0.226 e. The lowest BCUT2D eigenvalue weighted by Gasteiger charge is -2.24. The molecule has 7 nitrogen and oxygen atoms in total. The molecule has 1 amide bonds. The van der Waals surface area contributed by atoms with Crippen LogP contribution in [-0.4, -0.2) is 37.2 Å². The lowest BCUT2D eigenvalue weighted by Crippen LogP contribution is -2.32. The average Bonchev–Trinajstić information content (AvgIpc) is 3.14. The van der Waals surface area contributed by atoms with Gasteiger partial charge in [0.05, 0.1) is 18.6 Å². The Kier molecular flexibility index (Phi) is 4.48. The van der Waals surface area contributed by atoms with Crippen LogP contribution in [0.1, 0.15) is 42.8 Å². The van der Waals surface area contributed by atoms with E-state index in [1.54, 1.807) is 18.0 Å². The van der Waals surface area contributed by atoms with Crippen LogP contribution in [0.2, 0.25) is 0 Å². The van der Waals surface area contributed by atoms with Crippen molar-refractivity contribution in [1.29, 1.82) is 0 Å². The number of benzene rings is 1. The van der Waals surface area contributed by atoms with E-state index in [4.69, 9.17) is 5.73 Å². The molecule has 128 valence electrons. The molecule has 2 aromatic rings. The molecule has 1 aliphatic rings. The third kappa shape index (κ3) is 3.23. The second kappa shape index (κ2) is 6.56. The van der Waals surface area contributed by atoms with Gasteiger partial charge in [-0.2, -0.15) is 10.1 Å². The zero-order valence-electron chi connectivity index (χ0n) is 13.4. The number of carbonyl (C=O) groups is 1. The highest BCUT2D eigenvalue weighted by molar-refractivity contribution is 5.77. The molecule has 1 aromatic carbocycles. The zero-order valence-corrected chi connectivity index (χ0v) is 13.4. The van der Waals surface area contributed by atoms with Crippen LogP contribution in [0.25, 0.3) is 0 Å². The number of hydrogen-bond acceptors (Lipinski definition) is 5. The second-order valence-electron chi connectivity index (χ2n) is 5.97. The first-order valence-electron chi connectivity index (χ1n) is 7.85. The van der Waals surface area contributed by atoms with Crippen molar-refractivity contribution in [1.82, 2.24) is 19.7 Å². The second-order valence-corrected chi connectivity index (χ2v) is 5.97. The van der Waals surface area contributed by atoms with Crippen LogP contribution in [0.15, 0.2) is 24.3 Å². The van der Waals surface area contributed by atoms with Crippen molar-refractivity contribution in [3.05, 3.63) is 41.5 Å². The highest BCUT2D eigenvalue weighted by Crippen LogP contribution is 2.32. The molecule has 3 rings (SSSR count). The molecule has 0 saturated carbocycles. The number of aromatic nitrogens is 3. The van der Waals surface area contributed by atoms with Crippen LogP contribution < -0.4 is 5.73 Å². The third-order valence-corrected chi connectivity index (χ3v) is 4.29. The Morgan fingerprint density at radius 1 is 1.54 bits per heavy atom. The number of nitrogens with zero attached hydrogens (tertiary/aromatic N) is 4. The summed E-state index contributed by atoms with van der Waals surface area (Å²) in [6, 6.07) is 5.41. The number of likely N-dealkylation sites (tertiary alicyclic amines) is 1. The smallest absolute Gasteiger partial charge is 0.226 e. The molecular formula is C16H20FN5O2. The van der Waals surface area contributed by atoms with E-state index in [2.05, 4.69) is 10.1 Å². The highest BCUT2D eigenvalue weighted by atomic mass is 19.1. The molecule has 2 atom stereocenters. The number of aliphatic hydroxyl groups is 1. The number of halogens is 1. The molecule has 24 heavy (non-hydrogen) atoms. The van der Waals surface area contributed by atoms with Gasteiger partial charge in [-0.3, -0.25) is 4.79 Å². The molecule has 2 unspecified atom stereocenters. The van der Waals surface area contributed by atoms with E-state index in [1.807, 2.05) is 0 Å². The van der Waals surface area contributed by atoms with Crippen LogP contribution in [0.5, 0.6) is 0 Å². The van der Waals surface area contributed by atoms with Gasteiger partial charge < -0.3 is 15.7 Å². The summed E-state index contributed by atoms with van der Waals surface area (Å²) in [6.07, 6.45) is 0.439. The van der Waals surface area contributed by atoms with E-state index in [0.717, 1.165) is 12.8 Å². The maximum absolute atomic E-state index is 13.3. The Bertz CT molecular complexity index is 728. The molecular weight excluding hydrogens is 313 g/mol. The topological polar surface area (TPSA) is 97.3 Å². The Labute approximate surface area is 138 Å². The number of anilines is 1. The van der Waals surface area contributed by atoms with Crippen LogP contribution in [-0.2, 0) is 11.8 Å². The van der Waals surface area contributed by atoms with Crippen LogP contribution in [0.3, 0.4) is 0 Å². The summed E-state index contributed by atoms with van der Waals surface area (Å²) in [4.78, 5) is 18.4. The van der Waals surface area contributed by atoms with Gasteiger partial charge in [0.1, 0.15) is 5.82 Å². The summed E-state index contributed by atoms with van der Waals surface area (Å²) in [5.41, 5.74) is 6.10. The zero-order chi connectivity index (χ0) is 17.3. The molecule has 0 radical (unpaired) electrons. The Balaban J connectivity index is 1.71. The molecule has 8 heteroatoms. The molecule has 1 saturated heterocycles. The lowest BCUT2D eigenvalue weighted by molar-refractivity contribution is -0.134. The number of nitrogen functional groups attached to an aromatic ring is 1. The molecule has 0 spiro atoms. The molecule has 1 fully saturated rings. The number of hydrogen-bond donors (Lipinski definition) is 2. The first-order valence-corrected chi connectivity index (χ1v) is 7.85. The van der Waals surface area contributed by atoms with Crippen molar-refractivity contribution < 1.29 is 14.3 Å². The van der Waals surface area contributed by atoms with Gasteiger partial charge in [0.2, 0.25) is 11.9 Å².